The number of carbonyl (C=O) groups is 2. The van der Waals surface area contributed by atoms with Gasteiger partial charge in [-0.3, -0.25) is 13.9 Å². The second kappa shape index (κ2) is 14.0. The van der Waals surface area contributed by atoms with Gasteiger partial charge < -0.3 is 10.2 Å². The van der Waals surface area contributed by atoms with Crippen LogP contribution in [-0.2, 0) is 26.2 Å². The molecule has 0 radical (unpaired) electrons. The van der Waals surface area contributed by atoms with Crippen molar-refractivity contribution in [3.63, 3.8) is 0 Å². The summed E-state index contributed by atoms with van der Waals surface area (Å²) in [6, 6.07) is 19.9. The first kappa shape index (κ1) is 32.2. The maximum absolute atomic E-state index is 14.0. The summed E-state index contributed by atoms with van der Waals surface area (Å²) in [5, 5.41) is 3.44. The monoisotopic (exact) mass is 597 g/mol. The molecule has 9 heteroatoms. The Hall–Kier alpha value is -3.36. The highest BCUT2D eigenvalue weighted by Crippen LogP contribution is 2.27. The zero-order chi connectivity index (χ0) is 30.3. The summed E-state index contributed by atoms with van der Waals surface area (Å²) >= 11 is 6.06. The molecule has 1 N–H and O–H groups in total. The number of hydrogen-bond donors (Lipinski definition) is 1. The predicted molar refractivity (Wildman–Crippen MR) is 166 cm³/mol. The van der Waals surface area contributed by atoms with Gasteiger partial charge in [0.25, 0.3) is 10.0 Å². The van der Waals surface area contributed by atoms with Gasteiger partial charge in [-0.05, 0) is 73.2 Å². The fourth-order valence-corrected chi connectivity index (χ4v) is 5.75. The number of aryl methyl sites for hydroxylation is 1. The van der Waals surface area contributed by atoms with E-state index in [0.29, 0.717) is 17.3 Å². The van der Waals surface area contributed by atoms with E-state index >= 15 is 0 Å². The van der Waals surface area contributed by atoms with E-state index in [1.807, 2.05) is 32.9 Å². The van der Waals surface area contributed by atoms with Crippen LogP contribution in [0.5, 0.6) is 0 Å². The van der Waals surface area contributed by atoms with Gasteiger partial charge in [-0.2, -0.15) is 0 Å². The maximum atomic E-state index is 14.0. The number of amides is 2. The third-order valence-electron chi connectivity index (χ3n) is 6.85. The molecule has 0 aliphatic carbocycles. The first-order chi connectivity index (χ1) is 19.3. The molecular formula is C32H40ClN3O4S. The van der Waals surface area contributed by atoms with Crippen molar-refractivity contribution in [1.82, 2.24) is 10.2 Å². The topological polar surface area (TPSA) is 86.8 Å². The van der Waals surface area contributed by atoms with E-state index in [1.165, 1.54) is 17.0 Å². The highest BCUT2D eigenvalue weighted by Gasteiger charge is 2.32. The molecule has 2 amide bonds. The summed E-state index contributed by atoms with van der Waals surface area (Å²) in [4.78, 5) is 28.6. The third-order valence-corrected chi connectivity index (χ3v) is 8.89. The average molecular weight is 598 g/mol. The number of halogens is 1. The smallest absolute Gasteiger partial charge is 0.264 e. The average Bonchev–Trinajstić information content (AvgIpc) is 2.94. The Morgan fingerprint density at radius 3 is 1.98 bits per heavy atom. The molecule has 0 saturated carbocycles. The Morgan fingerprint density at radius 2 is 1.44 bits per heavy atom. The van der Waals surface area contributed by atoms with Gasteiger partial charge in [-0.25, -0.2) is 8.42 Å². The highest BCUT2D eigenvalue weighted by atomic mass is 35.5. The summed E-state index contributed by atoms with van der Waals surface area (Å²) < 4.78 is 29.0. The van der Waals surface area contributed by atoms with Crippen molar-refractivity contribution in [2.24, 2.45) is 5.92 Å². The van der Waals surface area contributed by atoms with Crippen molar-refractivity contribution in [3.05, 3.63) is 94.5 Å². The van der Waals surface area contributed by atoms with E-state index in [0.717, 1.165) is 21.0 Å². The summed E-state index contributed by atoms with van der Waals surface area (Å²) in [6.07, 6.45) is 0. The minimum absolute atomic E-state index is 0.0795. The molecule has 3 rings (SSSR count). The van der Waals surface area contributed by atoms with E-state index in [2.05, 4.69) is 19.2 Å². The fraction of sp³-hybridized carbons (Fsp3) is 0.375. The van der Waals surface area contributed by atoms with Crippen molar-refractivity contribution in [1.29, 1.82) is 0 Å². The number of nitrogens with zero attached hydrogens (tertiary/aromatic N) is 2. The van der Waals surface area contributed by atoms with Gasteiger partial charge in [0, 0.05) is 18.1 Å². The van der Waals surface area contributed by atoms with Crippen molar-refractivity contribution in [2.75, 3.05) is 17.4 Å². The number of sulfonamides is 1. The molecule has 0 saturated heterocycles. The molecule has 41 heavy (non-hydrogen) atoms. The lowest BCUT2D eigenvalue weighted by Gasteiger charge is -2.32. The molecule has 3 aromatic carbocycles. The molecule has 0 bridgehead atoms. The summed E-state index contributed by atoms with van der Waals surface area (Å²) in [5.74, 6) is -0.325. The SMILES string of the molecule is Cc1ccc(S(=O)(=O)N(CC(=O)N(Cc2ccc(Cl)cc2)[C@H](C)C(=O)NCC(C)C)c2ccc(C(C)C)cc2)cc1. The largest absolute Gasteiger partial charge is 0.354 e. The van der Waals surface area contributed by atoms with Crippen LogP contribution in [0.1, 0.15) is 57.2 Å². The molecule has 0 aliphatic heterocycles. The molecule has 3 aromatic rings. The second-order valence-corrected chi connectivity index (χ2v) is 13.3. The molecule has 1 atom stereocenters. The lowest BCUT2D eigenvalue weighted by atomic mass is 10.0. The fourth-order valence-electron chi connectivity index (χ4n) is 4.21. The van der Waals surface area contributed by atoms with Gasteiger partial charge in [0.15, 0.2) is 0 Å². The molecule has 0 heterocycles. The molecule has 0 aromatic heterocycles. The Kier molecular flexibility index (Phi) is 11.0. The molecule has 0 aliphatic rings. The highest BCUT2D eigenvalue weighted by molar-refractivity contribution is 7.92. The van der Waals surface area contributed by atoms with Gasteiger partial charge in [0.1, 0.15) is 12.6 Å². The van der Waals surface area contributed by atoms with Crippen molar-refractivity contribution >= 4 is 39.1 Å². The second-order valence-electron chi connectivity index (χ2n) is 11.0. The number of benzene rings is 3. The van der Waals surface area contributed by atoms with Gasteiger partial charge in [0.05, 0.1) is 10.6 Å². The predicted octanol–water partition coefficient (Wildman–Crippen LogP) is 6.16. The Balaban J connectivity index is 2.02. The zero-order valence-corrected chi connectivity index (χ0v) is 26.2. The number of anilines is 1. The van der Waals surface area contributed by atoms with Crippen LogP contribution in [0.25, 0.3) is 0 Å². The van der Waals surface area contributed by atoms with Crippen LogP contribution in [0.3, 0.4) is 0 Å². The van der Waals surface area contributed by atoms with Crippen LogP contribution in [0.4, 0.5) is 5.69 Å². The molecular weight excluding hydrogens is 558 g/mol. The molecule has 0 unspecified atom stereocenters. The summed E-state index contributed by atoms with van der Waals surface area (Å²) in [5.41, 5.74) is 3.10. The van der Waals surface area contributed by atoms with Gasteiger partial charge in [-0.15, -0.1) is 0 Å². The minimum atomic E-state index is -4.11. The van der Waals surface area contributed by atoms with E-state index < -0.39 is 28.5 Å². The van der Waals surface area contributed by atoms with Crippen LogP contribution in [0.15, 0.2) is 77.7 Å². The van der Waals surface area contributed by atoms with E-state index in [9.17, 15) is 18.0 Å². The van der Waals surface area contributed by atoms with Crippen LogP contribution in [0.2, 0.25) is 5.02 Å². The van der Waals surface area contributed by atoms with Crippen molar-refractivity contribution < 1.29 is 18.0 Å². The van der Waals surface area contributed by atoms with Crippen molar-refractivity contribution in [3.8, 4) is 0 Å². The third kappa shape index (κ3) is 8.57. The number of nitrogens with one attached hydrogen (secondary N) is 1. The van der Waals surface area contributed by atoms with Crippen LogP contribution >= 0.6 is 11.6 Å². The van der Waals surface area contributed by atoms with Crippen molar-refractivity contribution in [2.45, 2.75) is 64.9 Å². The van der Waals surface area contributed by atoms with E-state index in [1.54, 1.807) is 55.5 Å². The first-order valence-electron chi connectivity index (χ1n) is 13.8. The zero-order valence-electron chi connectivity index (χ0n) is 24.6. The van der Waals surface area contributed by atoms with Gasteiger partial charge in [-0.1, -0.05) is 81.3 Å². The van der Waals surface area contributed by atoms with E-state index in [4.69, 9.17) is 11.6 Å². The lowest BCUT2D eigenvalue weighted by Crippen LogP contribution is -2.51. The van der Waals surface area contributed by atoms with Crippen LogP contribution < -0.4 is 9.62 Å². The first-order valence-corrected chi connectivity index (χ1v) is 15.6. The maximum Gasteiger partial charge on any atom is 0.264 e. The van der Waals surface area contributed by atoms with Crippen LogP contribution in [-0.4, -0.2) is 44.3 Å². The molecule has 220 valence electrons. The lowest BCUT2D eigenvalue weighted by molar-refractivity contribution is -0.139. The molecule has 7 nitrogen and oxygen atoms in total. The van der Waals surface area contributed by atoms with Crippen LogP contribution in [0, 0.1) is 12.8 Å². The Morgan fingerprint density at radius 1 is 0.854 bits per heavy atom. The summed E-state index contributed by atoms with van der Waals surface area (Å²) in [7, 11) is -4.11. The van der Waals surface area contributed by atoms with Gasteiger partial charge >= 0.3 is 0 Å². The number of rotatable bonds is 12. The minimum Gasteiger partial charge on any atom is -0.354 e. The molecule has 0 spiro atoms. The van der Waals surface area contributed by atoms with E-state index in [-0.39, 0.29) is 29.2 Å². The van der Waals surface area contributed by atoms with Gasteiger partial charge in [0.2, 0.25) is 11.8 Å². The Labute approximate surface area is 249 Å². The Bertz CT molecular complexity index is 1420. The number of hydrogen-bond acceptors (Lipinski definition) is 4. The normalized spacial score (nSPS) is 12.3. The quantitative estimate of drug-likeness (QED) is 0.271. The summed E-state index contributed by atoms with van der Waals surface area (Å²) in [6.45, 7) is 11.7. The molecule has 0 fully saturated rings. The standard InChI is InChI=1S/C32H40ClN3O4S/c1-22(2)19-34-32(38)25(6)35(20-26-9-13-28(33)14-10-26)31(37)21-36(29-15-11-27(12-16-29)23(3)4)41(39,40)30-17-7-24(5)8-18-30/h7-18,22-23,25H,19-21H2,1-6H3,(H,34,38)/t25-/m1/s1. The number of carbonyl (C=O) groups excluding carboxylic acids is 2.